The van der Waals surface area contributed by atoms with Crippen LogP contribution < -0.4 is 10.2 Å². The lowest BCUT2D eigenvalue weighted by Gasteiger charge is -2.26. The fourth-order valence-corrected chi connectivity index (χ4v) is 3.40. The molecule has 2 aromatic carbocycles. The number of urea groups is 1. The van der Waals surface area contributed by atoms with Crippen LogP contribution in [0.15, 0.2) is 64.6 Å². The monoisotopic (exact) mass is 451 g/mol. The maximum absolute atomic E-state index is 13.0. The zero-order chi connectivity index (χ0) is 23.0. The molecule has 0 saturated carbocycles. The van der Waals surface area contributed by atoms with E-state index in [2.05, 4.69) is 5.32 Å². The lowest BCUT2D eigenvalue weighted by molar-refractivity contribution is -0.384. The Morgan fingerprint density at radius 2 is 1.88 bits per heavy atom. The molecule has 1 aliphatic rings. The van der Waals surface area contributed by atoms with Gasteiger partial charge in [0.1, 0.15) is 17.1 Å². The number of hydrogen-bond donors (Lipinski definition) is 1. The molecule has 2 heterocycles. The molecule has 0 bridgehead atoms. The Balaban J connectivity index is 1.70. The van der Waals surface area contributed by atoms with Crippen molar-refractivity contribution in [3.05, 3.63) is 86.6 Å². The molecule has 0 atom stereocenters. The van der Waals surface area contributed by atoms with Gasteiger partial charge in [-0.1, -0.05) is 23.7 Å². The molecule has 1 N–H and O–H groups in total. The number of aryl methyl sites for hydroxylation is 1. The number of non-ortho nitro benzene ring substituents is 1. The third-order valence-electron chi connectivity index (χ3n) is 4.70. The lowest BCUT2D eigenvalue weighted by atomic mass is 10.1. The summed E-state index contributed by atoms with van der Waals surface area (Å²) in [5.41, 5.74) is 0.943. The highest BCUT2D eigenvalue weighted by atomic mass is 35.5. The number of furan rings is 1. The Hall–Kier alpha value is -4.24. The Kier molecular flexibility index (Phi) is 5.33. The van der Waals surface area contributed by atoms with Crippen molar-refractivity contribution in [2.75, 3.05) is 4.90 Å². The largest absolute Gasteiger partial charge is 0.457 e. The number of hydrogen-bond acceptors (Lipinski definition) is 6. The van der Waals surface area contributed by atoms with Gasteiger partial charge in [0, 0.05) is 17.7 Å². The summed E-state index contributed by atoms with van der Waals surface area (Å²) in [6, 6.07) is 12.7. The number of halogens is 1. The second kappa shape index (κ2) is 8.12. The SMILES string of the molecule is Cc1cccc(N2C(=O)NC(=O)/C(=C/c3ccc(-c4cc([N+](=O)[O-])ccc4Cl)o3)C2=O)c1. The van der Waals surface area contributed by atoms with E-state index in [1.165, 1.54) is 36.4 Å². The molecule has 0 unspecified atom stereocenters. The molecule has 3 aromatic rings. The summed E-state index contributed by atoms with van der Waals surface area (Å²) in [7, 11) is 0. The van der Waals surface area contributed by atoms with Gasteiger partial charge in [0.2, 0.25) is 0 Å². The van der Waals surface area contributed by atoms with Gasteiger partial charge in [-0.05, 0) is 48.9 Å². The van der Waals surface area contributed by atoms with Crippen molar-refractivity contribution < 1.29 is 23.7 Å². The molecule has 1 saturated heterocycles. The molecular formula is C22H14ClN3O6. The van der Waals surface area contributed by atoms with Gasteiger partial charge >= 0.3 is 6.03 Å². The first-order valence-electron chi connectivity index (χ1n) is 9.27. The van der Waals surface area contributed by atoms with Gasteiger partial charge in [-0.2, -0.15) is 0 Å². The highest BCUT2D eigenvalue weighted by Gasteiger charge is 2.37. The Morgan fingerprint density at radius 3 is 2.59 bits per heavy atom. The first-order chi connectivity index (χ1) is 15.2. The fraction of sp³-hybridized carbons (Fsp3) is 0.0455. The molecule has 4 amide bonds. The van der Waals surface area contributed by atoms with Crippen LogP contribution in [0.1, 0.15) is 11.3 Å². The van der Waals surface area contributed by atoms with Gasteiger partial charge < -0.3 is 4.42 Å². The maximum Gasteiger partial charge on any atom is 0.335 e. The third-order valence-corrected chi connectivity index (χ3v) is 5.03. The average molecular weight is 452 g/mol. The first-order valence-corrected chi connectivity index (χ1v) is 9.64. The van der Waals surface area contributed by atoms with Crippen molar-refractivity contribution in [1.29, 1.82) is 0 Å². The van der Waals surface area contributed by atoms with E-state index in [4.69, 9.17) is 16.0 Å². The van der Waals surface area contributed by atoms with Crippen LogP contribution >= 0.6 is 11.6 Å². The second-order valence-electron chi connectivity index (χ2n) is 6.92. The molecule has 0 radical (unpaired) electrons. The summed E-state index contributed by atoms with van der Waals surface area (Å²) >= 11 is 6.14. The Labute approximate surface area is 186 Å². The van der Waals surface area contributed by atoms with Gasteiger partial charge in [-0.25, -0.2) is 9.69 Å². The first kappa shape index (κ1) is 21.0. The summed E-state index contributed by atoms with van der Waals surface area (Å²) in [5.74, 6) is -1.34. The number of nitro groups is 1. The van der Waals surface area contributed by atoms with Crippen LogP contribution in [-0.2, 0) is 9.59 Å². The van der Waals surface area contributed by atoms with Gasteiger partial charge in [-0.3, -0.25) is 25.0 Å². The molecule has 10 heteroatoms. The minimum Gasteiger partial charge on any atom is -0.457 e. The number of benzene rings is 2. The molecular weight excluding hydrogens is 438 g/mol. The van der Waals surface area contributed by atoms with E-state index in [9.17, 15) is 24.5 Å². The number of nitrogens with one attached hydrogen (secondary N) is 1. The summed E-state index contributed by atoms with van der Waals surface area (Å²) in [5, 5.41) is 13.4. The van der Waals surface area contributed by atoms with E-state index in [0.29, 0.717) is 5.69 Å². The third kappa shape index (κ3) is 3.88. The van der Waals surface area contributed by atoms with E-state index < -0.39 is 22.8 Å². The molecule has 160 valence electrons. The lowest BCUT2D eigenvalue weighted by Crippen LogP contribution is -2.54. The predicted octanol–water partition coefficient (Wildman–Crippen LogP) is 4.48. The molecule has 1 fully saturated rings. The van der Waals surface area contributed by atoms with Gasteiger partial charge in [0.25, 0.3) is 17.5 Å². The summed E-state index contributed by atoms with van der Waals surface area (Å²) in [6.45, 7) is 1.81. The Morgan fingerprint density at radius 1 is 1.09 bits per heavy atom. The molecule has 1 aromatic heterocycles. The number of barbiturate groups is 1. The molecule has 0 aliphatic carbocycles. The van der Waals surface area contributed by atoms with Crippen LogP contribution in [0, 0.1) is 17.0 Å². The maximum atomic E-state index is 13.0. The summed E-state index contributed by atoms with van der Waals surface area (Å²) in [6.07, 6.45) is 1.20. The number of nitro benzene ring substituents is 1. The normalized spacial score (nSPS) is 15.2. The zero-order valence-electron chi connectivity index (χ0n) is 16.5. The van der Waals surface area contributed by atoms with Gasteiger partial charge in [-0.15, -0.1) is 0 Å². The Bertz CT molecular complexity index is 1330. The average Bonchev–Trinajstić information content (AvgIpc) is 3.19. The van der Waals surface area contributed by atoms with Crippen LogP contribution in [0.4, 0.5) is 16.2 Å². The van der Waals surface area contributed by atoms with E-state index in [1.54, 1.807) is 31.2 Å². The predicted molar refractivity (Wildman–Crippen MR) is 116 cm³/mol. The molecule has 9 nitrogen and oxygen atoms in total. The summed E-state index contributed by atoms with van der Waals surface area (Å²) < 4.78 is 5.65. The smallest absolute Gasteiger partial charge is 0.335 e. The number of nitrogens with zero attached hydrogens (tertiary/aromatic N) is 2. The van der Waals surface area contributed by atoms with Gasteiger partial charge in [0.05, 0.1) is 15.6 Å². The standard InChI is InChI=1S/C22H14ClN3O6/c1-12-3-2-4-13(9-12)25-21(28)17(20(27)24-22(25)29)11-15-6-8-19(32-15)16-10-14(26(30)31)5-7-18(16)23/h2-11H,1H3,(H,24,27,29)/b17-11-. The number of amides is 4. The van der Waals surface area contributed by atoms with Crippen LogP contribution in [-0.4, -0.2) is 22.8 Å². The minimum atomic E-state index is -0.866. The quantitative estimate of drug-likeness (QED) is 0.270. The number of anilines is 1. The minimum absolute atomic E-state index is 0.125. The van der Waals surface area contributed by atoms with Crippen molar-refractivity contribution >= 4 is 46.9 Å². The van der Waals surface area contributed by atoms with Crippen LogP contribution in [0.3, 0.4) is 0 Å². The van der Waals surface area contributed by atoms with E-state index in [0.717, 1.165) is 10.5 Å². The van der Waals surface area contributed by atoms with Crippen molar-refractivity contribution in [2.24, 2.45) is 0 Å². The topological polar surface area (TPSA) is 123 Å². The fourth-order valence-electron chi connectivity index (χ4n) is 3.19. The van der Waals surface area contributed by atoms with Gasteiger partial charge in [0.15, 0.2) is 0 Å². The molecule has 1 aliphatic heterocycles. The van der Waals surface area contributed by atoms with Crippen molar-refractivity contribution in [1.82, 2.24) is 5.32 Å². The zero-order valence-corrected chi connectivity index (χ0v) is 17.3. The van der Waals surface area contributed by atoms with Crippen LogP contribution in [0.5, 0.6) is 0 Å². The highest BCUT2D eigenvalue weighted by Crippen LogP contribution is 2.33. The number of rotatable bonds is 4. The molecule has 4 rings (SSSR count). The summed E-state index contributed by atoms with van der Waals surface area (Å²) in [4.78, 5) is 48.9. The number of carbonyl (C=O) groups is 3. The van der Waals surface area contributed by atoms with E-state index in [1.807, 2.05) is 0 Å². The van der Waals surface area contributed by atoms with Crippen molar-refractivity contribution in [3.63, 3.8) is 0 Å². The van der Waals surface area contributed by atoms with Crippen molar-refractivity contribution in [3.8, 4) is 11.3 Å². The van der Waals surface area contributed by atoms with E-state index >= 15 is 0 Å². The number of imide groups is 2. The highest BCUT2D eigenvalue weighted by molar-refractivity contribution is 6.39. The van der Waals surface area contributed by atoms with Crippen LogP contribution in [0.2, 0.25) is 5.02 Å². The molecule has 32 heavy (non-hydrogen) atoms. The van der Waals surface area contributed by atoms with Crippen LogP contribution in [0.25, 0.3) is 17.4 Å². The number of carbonyl (C=O) groups excluding carboxylic acids is 3. The van der Waals surface area contributed by atoms with E-state index in [-0.39, 0.29) is 33.4 Å². The van der Waals surface area contributed by atoms with Crippen molar-refractivity contribution in [2.45, 2.75) is 6.92 Å². The molecule has 0 spiro atoms. The second-order valence-corrected chi connectivity index (χ2v) is 7.33.